The number of imidazole rings is 1. The molecule has 94 valence electrons. The van der Waals surface area contributed by atoms with Crippen molar-refractivity contribution in [3.63, 3.8) is 0 Å². The van der Waals surface area contributed by atoms with E-state index in [0.29, 0.717) is 11.4 Å². The molecular weight excluding hydrogens is 272 g/mol. The summed E-state index contributed by atoms with van der Waals surface area (Å²) in [4.78, 5) is 15.6. The van der Waals surface area contributed by atoms with Crippen LogP contribution in [-0.2, 0) is 0 Å². The van der Waals surface area contributed by atoms with Crippen molar-refractivity contribution in [1.29, 1.82) is 0 Å². The Hall–Kier alpha value is -1.20. The highest BCUT2D eigenvalue weighted by molar-refractivity contribution is 7.99. The maximum atomic E-state index is 11.2. The highest BCUT2D eigenvalue weighted by Crippen LogP contribution is 2.34. The number of fused-ring (bicyclic) bond motifs is 1. The summed E-state index contributed by atoms with van der Waals surface area (Å²) in [6, 6.07) is 3.28. The molecule has 0 radical (unpaired) electrons. The Balaban J connectivity index is 2.23. The molecule has 0 saturated carbocycles. The van der Waals surface area contributed by atoms with Crippen molar-refractivity contribution in [2.24, 2.45) is 0 Å². The normalized spacial score (nSPS) is 19.5. The van der Waals surface area contributed by atoms with Gasteiger partial charge in [0, 0.05) is 17.9 Å². The Labute approximate surface area is 113 Å². The van der Waals surface area contributed by atoms with Crippen molar-refractivity contribution < 1.29 is 9.90 Å². The predicted molar refractivity (Wildman–Crippen MR) is 71.8 cm³/mol. The third kappa shape index (κ3) is 1.78. The van der Waals surface area contributed by atoms with Crippen molar-refractivity contribution in [3.05, 3.63) is 34.9 Å². The average Bonchev–Trinajstić information content (AvgIpc) is 2.97. The molecule has 1 saturated heterocycles. The first-order valence-corrected chi connectivity index (χ1v) is 7.19. The van der Waals surface area contributed by atoms with E-state index in [-0.39, 0.29) is 10.7 Å². The lowest BCUT2D eigenvalue weighted by Crippen LogP contribution is -2.05. The van der Waals surface area contributed by atoms with E-state index in [1.54, 1.807) is 12.1 Å². The van der Waals surface area contributed by atoms with Crippen LogP contribution in [0.15, 0.2) is 18.3 Å². The zero-order valence-corrected chi connectivity index (χ0v) is 11.0. The fourth-order valence-electron chi connectivity index (χ4n) is 2.32. The summed E-state index contributed by atoms with van der Waals surface area (Å²) in [5, 5.41) is 9.46. The monoisotopic (exact) mass is 282 g/mol. The number of rotatable bonds is 2. The van der Waals surface area contributed by atoms with E-state index in [0.717, 1.165) is 23.8 Å². The van der Waals surface area contributed by atoms with Crippen molar-refractivity contribution in [2.75, 3.05) is 11.5 Å². The minimum absolute atomic E-state index is 0.201. The number of aromatic carboxylic acids is 1. The molecule has 6 heteroatoms. The molecule has 3 rings (SSSR count). The van der Waals surface area contributed by atoms with Crippen molar-refractivity contribution in [1.82, 2.24) is 9.38 Å². The first-order chi connectivity index (χ1) is 8.68. The molecule has 1 unspecified atom stereocenters. The molecule has 3 heterocycles. The molecule has 4 nitrogen and oxygen atoms in total. The van der Waals surface area contributed by atoms with E-state index < -0.39 is 5.97 Å². The van der Waals surface area contributed by atoms with Gasteiger partial charge < -0.3 is 9.51 Å². The van der Waals surface area contributed by atoms with E-state index >= 15 is 0 Å². The summed E-state index contributed by atoms with van der Waals surface area (Å²) < 4.78 is 1.82. The van der Waals surface area contributed by atoms with Gasteiger partial charge in [-0.1, -0.05) is 11.6 Å². The van der Waals surface area contributed by atoms with Crippen LogP contribution >= 0.6 is 23.4 Å². The number of carbonyl (C=O) groups is 1. The molecule has 1 atom stereocenters. The molecule has 0 bridgehead atoms. The Morgan fingerprint density at radius 1 is 1.61 bits per heavy atom. The lowest BCUT2D eigenvalue weighted by atomic mass is 10.1. The first-order valence-electron chi connectivity index (χ1n) is 5.66. The van der Waals surface area contributed by atoms with E-state index in [9.17, 15) is 9.90 Å². The van der Waals surface area contributed by atoms with Gasteiger partial charge in [-0.15, -0.1) is 0 Å². The van der Waals surface area contributed by atoms with Gasteiger partial charge in [-0.05, 0) is 24.3 Å². The largest absolute Gasteiger partial charge is 0.478 e. The van der Waals surface area contributed by atoms with Crippen LogP contribution in [0.25, 0.3) is 5.52 Å². The van der Waals surface area contributed by atoms with E-state index in [2.05, 4.69) is 4.98 Å². The van der Waals surface area contributed by atoms with Gasteiger partial charge in [-0.3, -0.25) is 0 Å². The molecule has 2 aromatic heterocycles. The number of thioether (sulfide) groups is 1. The van der Waals surface area contributed by atoms with Crippen molar-refractivity contribution in [2.45, 2.75) is 12.3 Å². The number of aromatic nitrogens is 2. The van der Waals surface area contributed by atoms with Crippen LogP contribution in [0.1, 0.15) is 28.5 Å². The zero-order valence-electron chi connectivity index (χ0n) is 9.47. The second-order valence-corrected chi connectivity index (χ2v) is 5.77. The summed E-state index contributed by atoms with van der Waals surface area (Å²) in [6.45, 7) is 0. The number of hydrogen-bond acceptors (Lipinski definition) is 3. The van der Waals surface area contributed by atoms with Crippen LogP contribution in [0, 0.1) is 0 Å². The molecular formula is C12H11ClN2O2S. The van der Waals surface area contributed by atoms with Crippen LogP contribution in [0.3, 0.4) is 0 Å². The lowest BCUT2D eigenvalue weighted by Gasteiger charge is -2.07. The van der Waals surface area contributed by atoms with E-state index in [1.807, 2.05) is 22.4 Å². The Kier molecular flexibility index (Phi) is 2.95. The maximum absolute atomic E-state index is 11.2. The van der Waals surface area contributed by atoms with E-state index in [1.165, 1.54) is 0 Å². The van der Waals surface area contributed by atoms with Crippen molar-refractivity contribution in [3.8, 4) is 0 Å². The standard InChI is InChI=1S/C12H11ClN2O2S/c13-10-9-8(12(16)17)2-1-4-15(9)11(14-10)7-3-5-18-6-7/h1-2,4,7H,3,5-6H2,(H,16,17). The van der Waals surface area contributed by atoms with Gasteiger partial charge in [-0.2, -0.15) is 11.8 Å². The number of halogens is 1. The molecule has 0 spiro atoms. The quantitative estimate of drug-likeness (QED) is 0.920. The minimum Gasteiger partial charge on any atom is -0.478 e. The minimum atomic E-state index is -0.977. The third-order valence-corrected chi connectivity index (χ3v) is 4.60. The van der Waals surface area contributed by atoms with Gasteiger partial charge in [0.2, 0.25) is 0 Å². The van der Waals surface area contributed by atoms with Gasteiger partial charge >= 0.3 is 5.97 Å². The third-order valence-electron chi connectivity index (χ3n) is 3.17. The van der Waals surface area contributed by atoms with Crippen LogP contribution < -0.4 is 0 Å². The molecule has 1 aliphatic rings. The fourth-order valence-corrected chi connectivity index (χ4v) is 3.81. The topological polar surface area (TPSA) is 54.6 Å². The van der Waals surface area contributed by atoms with Crippen LogP contribution in [0.2, 0.25) is 5.15 Å². The molecule has 2 aromatic rings. The second kappa shape index (κ2) is 4.48. The highest BCUT2D eigenvalue weighted by Gasteiger charge is 2.25. The summed E-state index contributed by atoms with van der Waals surface area (Å²) in [5.41, 5.74) is 0.700. The van der Waals surface area contributed by atoms with Gasteiger partial charge in [0.25, 0.3) is 0 Å². The number of carboxylic acid groups (broad SMARTS) is 1. The van der Waals surface area contributed by atoms with Crippen LogP contribution in [0.5, 0.6) is 0 Å². The van der Waals surface area contributed by atoms with Crippen molar-refractivity contribution >= 4 is 34.8 Å². The van der Waals surface area contributed by atoms with Gasteiger partial charge in [-0.25, -0.2) is 9.78 Å². The molecule has 1 aliphatic heterocycles. The Bertz CT molecular complexity index is 620. The van der Waals surface area contributed by atoms with Crippen LogP contribution in [-0.4, -0.2) is 32.0 Å². The van der Waals surface area contributed by atoms with Crippen LogP contribution in [0.4, 0.5) is 0 Å². The van der Waals surface area contributed by atoms with E-state index in [4.69, 9.17) is 11.6 Å². The predicted octanol–water partition coefficient (Wildman–Crippen LogP) is 2.91. The summed E-state index contributed by atoms with van der Waals surface area (Å²) in [6.07, 6.45) is 2.90. The first kappa shape index (κ1) is 11.9. The number of pyridine rings is 1. The SMILES string of the molecule is O=C(O)c1cccn2c(C3CCSC3)nc(Cl)c12. The molecule has 0 amide bonds. The zero-order chi connectivity index (χ0) is 12.7. The number of hydrogen-bond donors (Lipinski definition) is 1. The molecule has 0 aromatic carbocycles. The summed E-state index contributed by atoms with van der Waals surface area (Å²) >= 11 is 8.00. The number of nitrogens with zero attached hydrogens (tertiary/aromatic N) is 2. The lowest BCUT2D eigenvalue weighted by molar-refractivity contribution is 0.0698. The Morgan fingerprint density at radius 3 is 3.11 bits per heavy atom. The Morgan fingerprint density at radius 2 is 2.44 bits per heavy atom. The van der Waals surface area contributed by atoms with Gasteiger partial charge in [0.05, 0.1) is 11.1 Å². The molecule has 1 N–H and O–H groups in total. The van der Waals surface area contributed by atoms with Gasteiger partial charge in [0.15, 0.2) is 5.15 Å². The average molecular weight is 283 g/mol. The molecule has 0 aliphatic carbocycles. The molecule has 1 fully saturated rings. The highest BCUT2D eigenvalue weighted by atomic mass is 35.5. The smallest absolute Gasteiger partial charge is 0.337 e. The number of carboxylic acids is 1. The second-order valence-electron chi connectivity index (χ2n) is 4.27. The maximum Gasteiger partial charge on any atom is 0.337 e. The summed E-state index contributed by atoms with van der Waals surface area (Å²) in [7, 11) is 0. The molecule has 18 heavy (non-hydrogen) atoms. The fraction of sp³-hybridized carbons (Fsp3) is 0.333. The van der Waals surface area contributed by atoms with Gasteiger partial charge in [0.1, 0.15) is 5.82 Å². The summed E-state index contributed by atoms with van der Waals surface area (Å²) in [5.74, 6) is 2.40.